The average molecular weight is 366 g/mol. The number of fused-ring (bicyclic) bond motifs is 1. The predicted octanol–water partition coefficient (Wildman–Crippen LogP) is 3.86. The molecule has 0 aromatic carbocycles. The Hall–Kier alpha value is -2.05. The Morgan fingerprint density at radius 3 is 2.88 bits per heavy atom. The summed E-state index contributed by atoms with van der Waals surface area (Å²) in [6.45, 7) is 8.41. The van der Waals surface area contributed by atoms with Gasteiger partial charge in [-0.15, -0.1) is 11.3 Å². The van der Waals surface area contributed by atoms with Crippen LogP contribution in [0.4, 0.5) is 0 Å². The molecule has 1 N–H and O–H groups in total. The first-order valence-corrected chi connectivity index (χ1v) is 9.97. The van der Waals surface area contributed by atoms with Crippen molar-refractivity contribution >= 4 is 11.3 Å². The van der Waals surface area contributed by atoms with Crippen molar-refractivity contribution in [3.05, 3.63) is 51.3 Å². The van der Waals surface area contributed by atoms with Crippen LogP contribution >= 0.6 is 11.3 Å². The van der Waals surface area contributed by atoms with E-state index < -0.39 is 0 Å². The van der Waals surface area contributed by atoms with Crippen molar-refractivity contribution < 1.29 is 4.52 Å². The lowest BCUT2D eigenvalue weighted by atomic mass is 9.93. The van der Waals surface area contributed by atoms with Crippen LogP contribution in [-0.4, -0.2) is 21.7 Å². The molecule has 1 aliphatic carbocycles. The van der Waals surface area contributed by atoms with Gasteiger partial charge in [0.1, 0.15) is 0 Å². The van der Waals surface area contributed by atoms with Gasteiger partial charge in [0, 0.05) is 28.9 Å². The van der Waals surface area contributed by atoms with E-state index in [0.717, 1.165) is 43.1 Å². The third-order valence-electron chi connectivity index (χ3n) is 6.03. The Morgan fingerprint density at radius 1 is 1.31 bits per heavy atom. The first-order chi connectivity index (χ1) is 12.5. The summed E-state index contributed by atoms with van der Waals surface area (Å²) >= 11 is 1.77. The molecular formula is C20H22N4OS. The SMILES string of the molecule is Cc1ncc2c(c1-c1noc([C@]3(c4cccs4)CC3(C)C)n1)CCNC2. The minimum atomic E-state index is -0.149. The number of thiophene rings is 1. The third kappa shape index (κ3) is 2.15. The molecule has 0 bridgehead atoms. The molecule has 0 radical (unpaired) electrons. The lowest BCUT2D eigenvalue weighted by molar-refractivity contribution is 0.341. The largest absolute Gasteiger partial charge is 0.338 e. The zero-order valence-corrected chi connectivity index (χ0v) is 16.1. The number of nitrogens with one attached hydrogen (secondary N) is 1. The molecule has 1 fully saturated rings. The molecule has 1 aliphatic heterocycles. The van der Waals surface area contributed by atoms with E-state index in [0.29, 0.717) is 5.82 Å². The van der Waals surface area contributed by atoms with Gasteiger partial charge in [-0.25, -0.2) is 0 Å². The standard InChI is InChI=1S/C20H22N4OS/c1-12-16(14-6-7-21-9-13(14)10-22-12)17-23-18(25-24-17)20(11-19(20,2)3)15-5-4-8-26-15/h4-5,8,10,21H,6-7,9,11H2,1-3H3/t20-/m1/s1. The number of hydrogen-bond donors (Lipinski definition) is 1. The maximum absolute atomic E-state index is 5.85. The summed E-state index contributed by atoms with van der Waals surface area (Å²) in [4.78, 5) is 10.8. The molecule has 5 nitrogen and oxygen atoms in total. The molecule has 5 rings (SSSR count). The fourth-order valence-electron chi connectivity index (χ4n) is 4.40. The Labute approximate surface area is 156 Å². The van der Waals surface area contributed by atoms with Gasteiger partial charge in [0.2, 0.25) is 11.7 Å². The van der Waals surface area contributed by atoms with Crippen LogP contribution < -0.4 is 5.32 Å². The smallest absolute Gasteiger partial charge is 0.239 e. The Morgan fingerprint density at radius 2 is 2.15 bits per heavy atom. The summed E-state index contributed by atoms with van der Waals surface area (Å²) < 4.78 is 5.85. The zero-order valence-electron chi connectivity index (χ0n) is 15.3. The molecule has 3 aromatic heterocycles. The van der Waals surface area contributed by atoms with Gasteiger partial charge < -0.3 is 9.84 Å². The Balaban J connectivity index is 1.63. The van der Waals surface area contributed by atoms with Gasteiger partial charge in [-0.3, -0.25) is 4.98 Å². The molecule has 2 aliphatic rings. The predicted molar refractivity (Wildman–Crippen MR) is 101 cm³/mol. The van der Waals surface area contributed by atoms with Gasteiger partial charge in [0.15, 0.2) is 0 Å². The van der Waals surface area contributed by atoms with Gasteiger partial charge in [0.25, 0.3) is 0 Å². The molecule has 0 saturated heterocycles. The number of rotatable bonds is 3. The van der Waals surface area contributed by atoms with Crippen LogP contribution in [0.2, 0.25) is 0 Å². The van der Waals surface area contributed by atoms with Crippen LogP contribution in [0.15, 0.2) is 28.2 Å². The summed E-state index contributed by atoms with van der Waals surface area (Å²) in [5.74, 6) is 1.42. The molecule has 1 atom stereocenters. The number of pyridine rings is 1. The summed E-state index contributed by atoms with van der Waals surface area (Å²) in [5, 5.41) is 9.92. The average Bonchev–Trinajstić information content (AvgIpc) is 3.10. The monoisotopic (exact) mass is 366 g/mol. The molecule has 0 amide bonds. The molecule has 134 valence electrons. The van der Waals surface area contributed by atoms with Crippen LogP contribution in [0.1, 0.15) is 47.9 Å². The fraction of sp³-hybridized carbons (Fsp3) is 0.450. The van der Waals surface area contributed by atoms with Crippen LogP contribution in [0.25, 0.3) is 11.4 Å². The van der Waals surface area contributed by atoms with Gasteiger partial charge in [0.05, 0.1) is 5.41 Å². The van der Waals surface area contributed by atoms with Crippen molar-refractivity contribution in [2.75, 3.05) is 6.54 Å². The Bertz CT molecular complexity index is 976. The van der Waals surface area contributed by atoms with E-state index in [9.17, 15) is 0 Å². The second-order valence-corrected chi connectivity index (χ2v) is 8.96. The highest BCUT2D eigenvalue weighted by molar-refractivity contribution is 7.10. The number of aromatic nitrogens is 3. The zero-order chi connectivity index (χ0) is 17.9. The summed E-state index contributed by atoms with van der Waals surface area (Å²) in [5.41, 5.74) is 4.56. The van der Waals surface area contributed by atoms with Crippen LogP contribution in [0.3, 0.4) is 0 Å². The first-order valence-electron chi connectivity index (χ1n) is 9.09. The molecule has 3 aromatic rings. The Kier molecular flexibility index (Phi) is 3.40. The van der Waals surface area contributed by atoms with Crippen molar-refractivity contribution in [2.45, 2.75) is 45.6 Å². The second kappa shape index (κ2) is 5.47. The van der Waals surface area contributed by atoms with Crippen molar-refractivity contribution in [3.8, 4) is 11.4 Å². The van der Waals surface area contributed by atoms with Crippen LogP contribution in [-0.2, 0) is 18.4 Å². The quantitative estimate of drug-likeness (QED) is 0.762. The van der Waals surface area contributed by atoms with E-state index in [1.165, 1.54) is 16.0 Å². The highest BCUT2D eigenvalue weighted by atomic mass is 32.1. The molecule has 0 spiro atoms. The maximum Gasteiger partial charge on any atom is 0.239 e. The van der Waals surface area contributed by atoms with Gasteiger partial charge >= 0.3 is 0 Å². The van der Waals surface area contributed by atoms with Crippen molar-refractivity contribution in [3.63, 3.8) is 0 Å². The lowest BCUT2D eigenvalue weighted by Gasteiger charge is -2.19. The molecule has 4 heterocycles. The van der Waals surface area contributed by atoms with E-state index in [4.69, 9.17) is 9.51 Å². The summed E-state index contributed by atoms with van der Waals surface area (Å²) in [6, 6.07) is 4.29. The highest BCUT2D eigenvalue weighted by Crippen LogP contribution is 2.68. The highest BCUT2D eigenvalue weighted by Gasteiger charge is 2.67. The van der Waals surface area contributed by atoms with Crippen molar-refractivity contribution in [2.24, 2.45) is 5.41 Å². The topological polar surface area (TPSA) is 63.8 Å². The van der Waals surface area contributed by atoms with E-state index in [1.54, 1.807) is 11.3 Å². The first kappa shape index (κ1) is 16.1. The molecule has 26 heavy (non-hydrogen) atoms. The van der Waals surface area contributed by atoms with Gasteiger partial charge in [-0.05, 0) is 54.3 Å². The van der Waals surface area contributed by atoms with Gasteiger partial charge in [-0.2, -0.15) is 4.98 Å². The fourth-order valence-corrected chi connectivity index (χ4v) is 5.49. The number of aryl methyl sites for hydroxylation is 1. The molecule has 1 saturated carbocycles. The normalized spacial score (nSPS) is 23.7. The van der Waals surface area contributed by atoms with Gasteiger partial charge in [-0.1, -0.05) is 25.1 Å². The maximum atomic E-state index is 5.85. The number of nitrogens with zero attached hydrogens (tertiary/aromatic N) is 3. The van der Waals surface area contributed by atoms with E-state index >= 15 is 0 Å². The minimum Gasteiger partial charge on any atom is -0.338 e. The third-order valence-corrected chi connectivity index (χ3v) is 7.06. The van der Waals surface area contributed by atoms with E-state index in [-0.39, 0.29) is 10.8 Å². The van der Waals surface area contributed by atoms with Crippen LogP contribution in [0.5, 0.6) is 0 Å². The molecular weight excluding hydrogens is 344 g/mol. The molecule has 0 unspecified atom stereocenters. The molecule has 6 heteroatoms. The number of hydrogen-bond acceptors (Lipinski definition) is 6. The summed E-state index contributed by atoms with van der Waals surface area (Å²) in [7, 11) is 0. The van der Waals surface area contributed by atoms with Crippen LogP contribution in [0, 0.1) is 12.3 Å². The minimum absolute atomic E-state index is 0.134. The van der Waals surface area contributed by atoms with E-state index in [1.807, 2.05) is 13.1 Å². The van der Waals surface area contributed by atoms with Crippen molar-refractivity contribution in [1.29, 1.82) is 0 Å². The van der Waals surface area contributed by atoms with Crippen molar-refractivity contribution in [1.82, 2.24) is 20.4 Å². The lowest BCUT2D eigenvalue weighted by Crippen LogP contribution is -2.25. The second-order valence-electron chi connectivity index (χ2n) is 8.02. The van der Waals surface area contributed by atoms with E-state index in [2.05, 4.69) is 46.8 Å². The summed E-state index contributed by atoms with van der Waals surface area (Å²) in [6.07, 6.45) is 3.98.